The molecule has 0 bridgehead atoms. The molecule has 13 heavy (non-hydrogen) atoms. The van der Waals surface area contributed by atoms with E-state index >= 15 is 0 Å². The molecule has 74 valence electrons. The number of aliphatic carboxylic acids is 1. The second-order valence-electron chi connectivity index (χ2n) is 4.33. The van der Waals surface area contributed by atoms with Crippen molar-refractivity contribution in [1.82, 2.24) is 0 Å². The molecular weight excluding hydrogens is 168 g/mol. The molecule has 0 spiro atoms. The van der Waals surface area contributed by atoms with Gasteiger partial charge < -0.3 is 9.84 Å². The summed E-state index contributed by atoms with van der Waals surface area (Å²) in [5.41, 5.74) is 0. The van der Waals surface area contributed by atoms with Gasteiger partial charge in [0.1, 0.15) is 0 Å². The summed E-state index contributed by atoms with van der Waals surface area (Å²) in [5, 5.41) is 8.88. The lowest BCUT2D eigenvalue weighted by molar-refractivity contribution is -0.144. The molecule has 4 atom stereocenters. The van der Waals surface area contributed by atoms with Crippen molar-refractivity contribution in [2.75, 3.05) is 0 Å². The summed E-state index contributed by atoms with van der Waals surface area (Å²) in [7, 11) is 0. The lowest BCUT2D eigenvalue weighted by Gasteiger charge is -2.28. The van der Waals surface area contributed by atoms with Gasteiger partial charge in [-0.3, -0.25) is 4.79 Å². The second kappa shape index (κ2) is 3.29. The third-order valence-corrected chi connectivity index (χ3v) is 3.30. The van der Waals surface area contributed by atoms with Crippen LogP contribution in [-0.4, -0.2) is 23.3 Å². The molecule has 0 aromatic rings. The van der Waals surface area contributed by atoms with E-state index in [0.29, 0.717) is 18.1 Å². The minimum Gasteiger partial charge on any atom is -0.481 e. The fraction of sp³-hybridized carbons (Fsp3) is 0.900. The highest BCUT2D eigenvalue weighted by atomic mass is 16.5. The SMILES string of the molecule is C[C@H]1C[C@H]2C[C@H](C(=O)O)CC[C@H]2O1. The zero-order valence-corrected chi connectivity index (χ0v) is 7.90. The Morgan fingerprint density at radius 2 is 2.15 bits per heavy atom. The van der Waals surface area contributed by atoms with E-state index < -0.39 is 5.97 Å². The number of hydrogen-bond donors (Lipinski definition) is 1. The summed E-state index contributed by atoms with van der Waals surface area (Å²) in [5.74, 6) is -0.238. The van der Waals surface area contributed by atoms with Crippen molar-refractivity contribution in [2.24, 2.45) is 11.8 Å². The number of carbonyl (C=O) groups is 1. The molecular formula is C10H16O3. The maximum atomic E-state index is 10.8. The van der Waals surface area contributed by atoms with Crippen molar-refractivity contribution in [2.45, 2.75) is 44.8 Å². The Kier molecular flexibility index (Phi) is 2.28. The fourth-order valence-corrected chi connectivity index (χ4v) is 2.67. The monoisotopic (exact) mass is 184 g/mol. The summed E-state index contributed by atoms with van der Waals surface area (Å²) < 4.78 is 5.70. The minimum absolute atomic E-state index is 0.116. The van der Waals surface area contributed by atoms with Gasteiger partial charge in [-0.05, 0) is 38.5 Å². The van der Waals surface area contributed by atoms with E-state index in [0.717, 1.165) is 25.7 Å². The molecule has 1 aliphatic heterocycles. The van der Waals surface area contributed by atoms with Crippen molar-refractivity contribution in [1.29, 1.82) is 0 Å². The van der Waals surface area contributed by atoms with Gasteiger partial charge in [0.05, 0.1) is 18.1 Å². The van der Waals surface area contributed by atoms with Crippen LogP contribution in [-0.2, 0) is 9.53 Å². The van der Waals surface area contributed by atoms with Crippen LogP contribution in [0.3, 0.4) is 0 Å². The number of rotatable bonds is 1. The molecule has 1 N–H and O–H groups in total. The van der Waals surface area contributed by atoms with Gasteiger partial charge in [-0.1, -0.05) is 0 Å². The van der Waals surface area contributed by atoms with Gasteiger partial charge in [-0.2, -0.15) is 0 Å². The van der Waals surface area contributed by atoms with Gasteiger partial charge >= 0.3 is 5.97 Å². The van der Waals surface area contributed by atoms with Crippen molar-refractivity contribution in [3.05, 3.63) is 0 Å². The first-order valence-electron chi connectivity index (χ1n) is 5.05. The third-order valence-electron chi connectivity index (χ3n) is 3.30. The van der Waals surface area contributed by atoms with Crippen LogP contribution in [0.2, 0.25) is 0 Å². The largest absolute Gasteiger partial charge is 0.481 e. The highest BCUT2D eigenvalue weighted by Crippen LogP contribution is 2.39. The summed E-state index contributed by atoms with van der Waals surface area (Å²) >= 11 is 0. The van der Waals surface area contributed by atoms with E-state index in [9.17, 15) is 4.79 Å². The van der Waals surface area contributed by atoms with Crippen LogP contribution in [0.15, 0.2) is 0 Å². The number of ether oxygens (including phenoxy) is 1. The summed E-state index contributed by atoms with van der Waals surface area (Å²) in [6, 6.07) is 0. The summed E-state index contributed by atoms with van der Waals surface area (Å²) in [4.78, 5) is 10.8. The number of fused-ring (bicyclic) bond motifs is 1. The molecule has 0 amide bonds. The molecule has 0 aromatic heterocycles. The lowest BCUT2D eigenvalue weighted by atomic mass is 9.79. The smallest absolute Gasteiger partial charge is 0.306 e. The highest BCUT2D eigenvalue weighted by molar-refractivity contribution is 5.70. The zero-order valence-electron chi connectivity index (χ0n) is 7.90. The van der Waals surface area contributed by atoms with E-state index in [-0.39, 0.29) is 5.92 Å². The third kappa shape index (κ3) is 1.70. The molecule has 1 aliphatic carbocycles. The average Bonchev–Trinajstić information content (AvgIpc) is 2.42. The van der Waals surface area contributed by atoms with Crippen molar-refractivity contribution < 1.29 is 14.6 Å². The van der Waals surface area contributed by atoms with Gasteiger partial charge in [0.2, 0.25) is 0 Å². The van der Waals surface area contributed by atoms with Gasteiger partial charge in [0.15, 0.2) is 0 Å². The van der Waals surface area contributed by atoms with Crippen molar-refractivity contribution in [3.63, 3.8) is 0 Å². The van der Waals surface area contributed by atoms with Gasteiger partial charge in [-0.15, -0.1) is 0 Å². The molecule has 1 saturated carbocycles. The van der Waals surface area contributed by atoms with Crippen LogP contribution in [0, 0.1) is 11.8 Å². The zero-order chi connectivity index (χ0) is 9.42. The molecule has 3 nitrogen and oxygen atoms in total. The molecule has 0 aromatic carbocycles. The predicted molar refractivity (Wildman–Crippen MR) is 47.4 cm³/mol. The van der Waals surface area contributed by atoms with Gasteiger partial charge in [0, 0.05) is 0 Å². The Hall–Kier alpha value is -0.570. The molecule has 3 heteroatoms. The number of hydrogen-bond acceptors (Lipinski definition) is 2. The quantitative estimate of drug-likeness (QED) is 0.674. The first kappa shape index (κ1) is 9.00. The molecule has 1 heterocycles. The van der Waals surface area contributed by atoms with Crippen LogP contribution in [0.5, 0.6) is 0 Å². The molecule has 2 fully saturated rings. The van der Waals surface area contributed by atoms with Crippen LogP contribution >= 0.6 is 0 Å². The normalized spacial score (nSPS) is 44.4. The lowest BCUT2D eigenvalue weighted by Crippen LogP contribution is -2.29. The molecule has 0 unspecified atom stereocenters. The van der Waals surface area contributed by atoms with Crippen LogP contribution < -0.4 is 0 Å². The highest BCUT2D eigenvalue weighted by Gasteiger charge is 2.39. The van der Waals surface area contributed by atoms with E-state index in [4.69, 9.17) is 9.84 Å². The predicted octanol–water partition coefficient (Wildman–Crippen LogP) is 1.66. The average molecular weight is 184 g/mol. The van der Waals surface area contributed by atoms with Gasteiger partial charge in [0.25, 0.3) is 0 Å². The van der Waals surface area contributed by atoms with Crippen molar-refractivity contribution >= 4 is 5.97 Å². The Morgan fingerprint density at radius 3 is 2.85 bits per heavy atom. The Labute approximate surface area is 78.1 Å². The first-order chi connectivity index (χ1) is 6.16. The topological polar surface area (TPSA) is 46.5 Å². The Morgan fingerprint density at radius 1 is 1.38 bits per heavy atom. The molecule has 2 rings (SSSR count). The molecule has 0 radical (unpaired) electrons. The van der Waals surface area contributed by atoms with E-state index in [1.807, 2.05) is 0 Å². The van der Waals surface area contributed by atoms with E-state index in [1.54, 1.807) is 0 Å². The van der Waals surface area contributed by atoms with Crippen molar-refractivity contribution in [3.8, 4) is 0 Å². The van der Waals surface area contributed by atoms with Crippen LogP contribution in [0.1, 0.15) is 32.6 Å². The van der Waals surface area contributed by atoms with Gasteiger partial charge in [-0.25, -0.2) is 0 Å². The Bertz CT molecular complexity index is 214. The minimum atomic E-state index is -0.627. The maximum Gasteiger partial charge on any atom is 0.306 e. The Balaban J connectivity index is 1.97. The molecule has 2 aliphatic rings. The maximum absolute atomic E-state index is 10.8. The summed E-state index contributed by atoms with van der Waals surface area (Å²) in [6.45, 7) is 2.08. The van der Waals surface area contributed by atoms with E-state index in [2.05, 4.69) is 6.92 Å². The number of carboxylic acid groups (broad SMARTS) is 1. The first-order valence-corrected chi connectivity index (χ1v) is 5.05. The molecule has 1 saturated heterocycles. The van der Waals surface area contributed by atoms with E-state index in [1.165, 1.54) is 0 Å². The summed E-state index contributed by atoms with van der Waals surface area (Å²) in [6.07, 6.45) is 4.29. The number of carboxylic acids is 1. The standard InChI is InChI=1S/C10H16O3/c1-6-4-8-5-7(10(11)12)2-3-9(8)13-6/h6-9H,2-5H2,1H3,(H,11,12)/t6-,7+,8-,9+/m0/s1. The van der Waals surface area contributed by atoms with Crippen LogP contribution in [0.25, 0.3) is 0 Å². The van der Waals surface area contributed by atoms with Crippen LogP contribution in [0.4, 0.5) is 0 Å². The second-order valence-corrected chi connectivity index (χ2v) is 4.33. The fourth-order valence-electron chi connectivity index (χ4n) is 2.67.